The molecule has 104 valence electrons. The number of ether oxygens (including phenoxy) is 1. The van der Waals surface area contributed by atoms with Crippen LogP contribution < -0.4 is 0 Å². The van der Waals surface area contributed by atoms with Gasteiger partial charge >= 0.3 is 6.09 Å². The summed E-state index contributed by atoms with van der Waals surface area (Å²) in [5, 5.41) is 10.4. The summed E-state index contributed by atoms with van der Waals surface area (Å²) in [4.78, 5) is 13.6. The molecule has 4 nitrogen and oxygen atoms in total. The zero-order valence-corrected chi connectivity index (χ0v) is 11.7. The van der Waals surface area contributed by atoms with Gasteiger partial charge in [0.2, 0.25) is 0 Å². The molecular formula is C14H25NO3. The number of carbonyl (C=O) groups excluding carboxylic acids is 1. The fraction of sp³-hybridized carbons (Fsp3) is 0.929. The van der Waals surface area contributed by atoms with Gasteiger partial charge in [-0.15, -0.1) is 0 Å². The molecule has 1 saturated carbocycles. The third kappa shape index (κ3) is 3.87. The molecule has 2 fully saturated rings. The van der Waals surface area contributed by atoms with Crippen LogP contribution in [0.15, 0.2) is 0 Å². The minimum atomic E-state index is -0.542. The Balaban J connectivity index is 1.80. The van der Waals surface area contributed by atoms with Crippen LogP contribution in [-0.4, -0.2) is 40.4 Å². The number of piperidine rings is 1. The molecule has 4 heteroatoms. The van der Waals surface area contributed by atoms with Crippen molar-refractivity contribution in [1.29, 1.82) is 0 Å². The molecular weight excluding hydrogens is 230 g/mol. The van der Waals surface area contributed by atoms with Gasteiger partial charge in [0, 0.05) is 13.1 Å². The van der Waals surface area contributed by atoms with Crippen LogP contribution in [0.3, 0.4) is 0 Å². The Kier molecular flexibility index (Phi) is 3.58. The molecule has 0 radical (unpaired) electrons. The van der Waals surface area contributed by atoms with Gasteiger partial charge in [-0.3, -0.25) is 0 Å². The summed E-state index contributed by atoms with van der Waals surface area (Å²) in [5.41, 5.74) is -0.988. The van der Waals surface area contributed by atoms with E-state index < -0.39 is 11.2 Å². The molecule has 0 spiro atoms. The van der Waals surface area contributed by atoms with Crippen molar-refractivity contribution < 1.29 is 14.6 Å². The van der Waals surface area contributed by atoms with E-state index >= 15 is 0 Å². The largest absolute Gasteiger partial charge is 0.444 e. The molecule has 1 amide bonds. The summed E-state index contributed by atoms with van der Waals surface area (Å²) in [5.74, 6) is 0.725. The Morgan fingerprint density at radius 2 is 1.89 bits per heavy atom. The second-order valence-corrected chi connectivity index (χ2v) is 6.84. The first-order chi connectivity index (χ1) is 8.27. The highest BCUT2D eigenvalue weighted by atomic mass is 16.6. The number of likely N-dealkylation sites (tertiary alicyclic amines) is 1. The maximum Gasteiger partial charge on any atom is 0.410 e. The van der Waals surface area contributed by atoms with E-state index in [1.807, 2.05) is 20.8 Å². The highest BCUT2D eigenvalue weighted by molar-refractivity contribution is 5.68. The molecule has 0 unspecified atom stereocenters. The molecule has 1 N–H and O–H groups in total. The molecule has 0 aromatic carbocycles. The number of hydrogen-bond acceptors (Lipinski definition) is 3. The van der Waals surface area contributed by atoms with Crippen LogP contribution in [0.5, 0.6) is 0 Å². The van der Waals surface area contributed by atoms with E-state index in [2.05, 4.69) is 0 Å². The van der Waals surface area contributed by atoms with Crippen molar-refractivity contribution in [2.75, 3.05) is 13.1 Å². The first kappa shape index (κ1) is 13.7. The standard InChI is InChI=1S/C14H25NO3/c1-13(2,3)18-12(16)15-8-6-14(17,7-9-15)10-11-4-5-11/h11,17H,4-10H2,1-3H3. The second-order valence-electron chi connectivity index (χ2n) is 6.84. The highest BCUT2D eigenvalue weighted by Crippen LogP contribution is 2.40. The van der Waals surface area contributed by atoms with Gasteiger partial charge in [0.1, 0.15) is 5.60 Å². The molecule has 0 aromatic rings. The van der Waals surface area contributed by atoms with Crippen LogP contribution in [0.25, 0.3) is 0 Å². The molecule has 1 saturated heterocycles. The van der Waals surface area contributed by atoms with Gasteiger partial charge in [-0.2, -0.15) is 0 Å². The maximum absolute atomic E-state index is 11.9. The molecule has 0 atom stereocenters. The van der Waals surface area contributed by atoms with E-state index in [1.54, 1.807) is 4.90 Å². The van der Waals surface area contributed by atoms with E-state index in [4.69, 9.17) is 4.74 Å². The monoisotopic (exact) mass is 255 g/mol. The first-order valence-corrected chi connectivity index (χ1v) is 6.98. The predicted octanol–water partition coefficient (Wildman–Crippen LogP) is 2.55. The molecule has 2 aliphatic rings. The Morgan fingerprint density at radius 3 is 2.33 bits per heavy atom. The molecule has 1 aliphatic heterocycles. The Hall–Kier alpha value is -0.770. The van der Waals surface area contributed by atoms with E-state index in [0.717, 1.165) is 12.3 Å². The number of hydrogen-bond donors (Lipinski definition) is 1. The quantitative estimate of drug-likeness (QED) is 0.825. The van der Waals surface area contributed by atoms with Crippen LogP contribution in [-0.2, 0) is 4.74 Å². The van der Waals surface area contributed by atoms with E-state index in [-0.39, 0.29) is 6.09 Å². The van der Waals surface area contributed by atoms with Gasteiger partial charge in [0.05, 0.1) is 5.60 Å². The van der Waals surface area contributed by atoms with Gasteiger partial charge in [-0.05, 0) is 46.0 Å². The van der Waals surface area contributed by atoms with Gasteiger partial charge in [-0.1, -0.05) is 12.8 Å². The van der Waals surface area contributed by atoms with E-state index in [9.17, 15) is 9.90 Å². The zero-order chi connectivity index (χ0) is 13.4. The lowest BCUT2D eigenvalue weighted by atomic mass is 9.86. The van der Waals surface area contributed by atoms with Crippen LogP contribution in [0.1, 0.15) is 52.9 Å². The lowest BCUT2D eigenvalue weighted by Gasteiger charge is -2.38. The van der Waals surface area contributed by atoms with Crippen molar-refractivity contribution in [3.63, 3.8) is 0 Å². The highest BCUT2D eigenvalue weighted by Gasteiger charge is 2.39. The summed E-state index contributed by atoms with van der Waals surface area (Å²) >= 11 is 0. The molecule has 2 rings (SSSR count). The lowest BCUT2D eigenvalue weighted by Crippen LogP contribution is -2.48. The van der Waals surface area contributed by atoms with Gasteiger partial charge in [0.25, 0.3) is 0 Å². The summed E-state index contributed by atoms with van der Waals surface area (Å²) in [6.07, 6.45) is 4.55. The van der Waals surface area contributed by atoms with Crippen LogP contribution >= 0.6 is 0 Å². The lowest BCUT2D eigenvalue weighted by molar-refractivity contribution is -0.0394. The summed E-state index contributed by atoms with van der Waals surface area (Å²) in [6, 6.07) is 0. The van der Waals surface area contributed by atoms with Crippen LogP contribution in [0, 0.1) is 5.92 Å². The molecule has 0 aromatic heterocycles. The van der Waals surface area contributed by atoms with Gasteiger partial charge in [0.15, 0.2) is 0 Å². The third-order valence-corrected chi connectivity index (χ3v) is 3.71. The van der Waals surface area contributed by atoms with Crippen molar-refractivity contribution in [2.24, 2.45) is 5.92 Å². The van der Waals surface area contributed by atoms with Gasteiger partial charge < -0.3 is 14.7 Å². The molecule has 1 heterocycles. The number of amides is 1. The smallest absolute Gasteiger partial charge is 0.410 e. The van der Waals surface area contributed by atoms with Crippen molar-refractivity contribution in [3.05, 3.63) is 0 Å². The average Bonchev–Trinajstić information content (AvgIpc) is 2.99. The number of rotatable bonds is 2. The van der Waals surface area contributed by atoms with Crippen molar-refractivity contribution in [2.45, 2.75) is 64.1 Å². The first-order valence-electron chi connectivity index (χ1n) is 6.98. The number of nitrogens with zero attached hydrogens (tertiary/aromatic N) is 1. The Morgan fingerprint density at radius 1 is 1.33 bits per heavy atom. The van der Waals surface area contributed by atoms with Crippen molar-refractivity contribution in [1.82, 2.24) is 4.90 Å². The fourth-order valence-electron chi connectivity index (χ4n) is 2.50. The molecule has 0 bridgehead atoms. The summed E-state index contributed by atoms with van der Waals surface area (Å²) in [7, 11) is 0. The Bertz CT molecular complexity index is 309. The second kappa shape index (κ2) is 4.72. The van der Waals surface area contributed by atoms with Crippen molar-refractivity contribution in [3.8, 4) is 0 Å². The summed E-state index contributed by atoms with van der Waals surface area (Å²) in [6.45, 7) is 6.84. The van der Waals surface area contributed by atoms with E-state index in [0.29, 0.717) is 25.9 Å². The fourth-order valence-corrected chi connectivity index (χ4v) is 2.50. The SMILES string of the molecule is CC(C)(C)OC(=O)N1CCC(O)(CC2CC2)CC1. The predicted molar refractivity (Wildman–Crippen MR) is 69.3 cm³/mol. The number of aliphatic hydroxyl groups is 1. The Labute approximate surface area is 109 Å². The van der Waals surface area contributed by atoms with E-state index in [1.165, 1.54) is 12.8 Å². The minimum Gasteiger partial charge on any atom is -0.444 e. The van der Waals surface area contributed by atoms with Gasteiger partial charge in [-0.25, -0.2) is 4.79 Å². The topological polar surface area (TPSA) is 49.8 Å². The summed E-state index contributed by atoms with van der Waals surface area (Å²) < 4.78 is 5.34. The minimum absolute atomic E-state index is 0.254. The number of carbonyl (C=O) groups is 1. The van der Waals surface area contributed by atoms with Crippen LogP contribution in [0.4, 0.5) is 4.79 Å². The van der Waals surface area contributed by atoms with Crippen LogP contribution in [0.2, 0.25) is 0 Å². The van der Waals surface area contributed by atoms with Crippen molar-refractivity contribution >= 4 is 6.09 Å². The third-order valence-electron chi connectivity index (χ3n) is 3.71. The normalized spacial score (nSPS) is 23.9. The molecule has 18 heavy (non-hydrogen) atoms. The maximum atomic E-state index is 11.9. The molecule has 1 aliphatic carbocycles. The average molecular weight is 255 g/mol. The zero-order valence-electron chi connectivity index (χ0n) is 11.7.